The average Bonchev–Trinajstić information content (AvgIpc) is 2.45. The molecule has 2 heteroatoms. The highest BCUT2D eigenvalue weighted by molar-refractivity contribution is 7.13. The second kappa shape index (κ2) is 4.28. The van der Waals surface area contributed by atoms with Crippen LogP contribution in [0.3, 0.4) is 0 Å². The van der Waals surface area contributed by atoms with Crippen LogP contribution in [0.5, 0.6) is 0 Å². The van der Waals surface area contributed by atoms with Crippen LogP contribution in [0.4, 0.5) is 0 Å². The van der Waals surface area contributed by atoms with Gasteiger partial charge in [0.1, 0.15) is 0 Å². The SMILES string of the molecule is Cc1ccc(C2=CC(O)CCCC2)s1. The van der Waals surface area contributed by atoms with Crippen molar-refractivity contribution in [3.8, 4) is 0 Å². The van der Waals surface area contributed by atoms with E-state index in [4.69, 9.17) is 0 Å². The molecule has 1 N–H and O–H groups in total. The Hall–Kier alpha value is -0.600. The minimum absolute atomic E-state index is 0.227. The number of hydrogen-bond donors (Lipinski definition) is 1. The molecule has 0 aromatic carbocycles. The molecule has 2 rings (SSSR count). The molecule has 0 aliphatic heterocycles. The van der Waals surface area contributed by atoms with Crippen LogP contribution in [0, 0.1) is 6.92 Å². The van der Waals surface area contributed by atoms with Crippen molar-refractivity contribution in [3.63, 3.8) is 0 Å². The highest BCUT2D eigenvalue weighted by Gasteiger charge is 2.11. The highest BCUT2D eigenvalue weighted by atomic mass is 32.1. The quantitative estimate of drug-likeness (QED) is 0.750. The third-order valence-corrected chi connectivity index (χ3v) is 3.72. The lowest BCUT2D eigenvalue weighted by molar-refractivity contribution is 0.211. The summed E-state index contributed by atoms with van der Waals surface area (Å²) in [7, 11) is 0. The summed E-state index contributed by atoms with van der Waals surface area (Å²) in [5, 5.41) is 9.66. The molecule has 1 aliphatic carbocycles. The van der Waals surface area contributed by atoms with E-state index in [0.29, 0.717) is 0 Å². The summed E-state index contributed by atoms with van der Waals surface area (Å²) < 4.78 is 0. The Kier molecular flexibility index (Phi) is 3.04. The first-order valence-corrected chi connectivity index (χ1v) is 6.03. The van der Waals surface area contributed by atoms with Crippen LogP contribution in [-0.2, 0) is 0 Å². The van der Waals surface area contributed by atoms with Crippen molar-refractivity contribution >= 4 is 16.9 Å². The zero-order valence-electron chi connectivity index (χ0n) is 8.49. The van der Waals surface area contributed by atoms with Crippen molar-refractivity contribution in [3.05, 3.63) is 28.0 Å². The van der Waals surface area contributed by atoms with Gasteiger partial charge < -0.3 is 5.11 Å². The average molecular weight is 208 g/mol. The minimum atomic E-state index is -0.227. The van der Waals surface area contributed by atoms with Crippen molar-refractivity contribution in [1.82, 2.24) is 0 Å². The highest BCUT2D eigenvalue weighted by Crippen LogP contribution is 2.30. The maximum atomic E-state index is 9.66. The van der Waals surface area contributed by atoms with E-state index in [0.717, 1.165) is 19.3 Å². The molecule has 0 saturated carbocycles. The van der Waals surface area contributed by atoms with E-state index < -0.39 is 0 Å². The largest absolute Gasteiger partial charge is 0.389 e. The molecule has 1 aliphatic rings. The zero-order valence-corrected chi connectivity index (χ0v) is 9.31. The van der Waals surface area contributed by atoms with Crippen molar-refractivity contribution in [2.45, 2.75) is 38.7 Å². The normalized spacial score (nSPS) is 23.0. The molecule has 0 saturated heterocycles. The summed E-state index contributed by atoms with van der Waals surface area (Å²) in [6.45, 7) is 2.13. The van der Waals surface area contributed by atoms with E-state index in [2.05, 4.69) is 19.1 Å². The number of hydrogen-bond acceptors (Lipinski definition) is 2. The molecule has 0 radical (unpaired) electrons. The molecule has 0 amide bonds. The third-order valence-electron chi connectivity index (χ3n) is 2.65. The summed E-state index contributed by atoms with van der Waals surface area (Å²) in [5.74, 6) is 0. The lowest BCUT2D eigenvalue weighted by Gasteiger charge is -2.02. The fraction of sp³-hybridized carbons (Fsp3) is 0.500. The number of allylic oxidation sites excluding steroid dienone is 1. The standard InChI is InChI=1S/C12H16OS/c1-9-6-7-12(14-9)10-4-2-3-5-11(13)8-10/h6-8,11,13H,2-5H2,1H3. The molecule has 1 atom stereocenters. The first-order chi connectivity index (χ1) is 6.75. The Morgan fingerprint density at radius 3 is 2.93 bits per heavy atom. The third kappa shape index (κ3) is 2.25. The lowest BCUT2D eigenvalue weighted by atomic mass is 10.1. The van der Waals surface area contributed by atoms with Crippen LogP contribution in [-0.4, -0.2) is 11.2 Å². The Balaban J connectivity index is 2.23. The fourth-order valence-electron chi connectivity index (χ4n) is 1.88. The molecule has 0 bridgehead atoms. The Bertz CT molecular complexity index is 338. The second-order valence-electron chi connectivity index (χ2n) is 3.92. The van der Waals surface area contributed by atoms with E-state index in [9.17, 15) is 5.11 Å². The second-order valence-corrected chi connectivity index (χ2v) is 5.20. The zero-order chi connectivity index (χ0) is 9.97. The lowest BCUT2D eigenvalue weighted by Crippen LogP contribution is -1.99. The number of aryl methyl sites for hydroxylation is 1. The van der Waals surface area contributed by atoms with Crippen LogP contribution >= 0.6 is 11.3 Å². The van der Waals surface area contributed by atoms with Crippen LogP contribution in [0.25, 0.3) is 5.57 Å². The summed E-state index contributed by atoms with van der Waals surface area (Å²) in [6.07, 6.45) is 6.21. The van der Waals surface area contributed by atoms with Gasteiger partial charge in [-0.2, -0.15) is 0 Å². The fourth-order valence-corrected chi connectivity index (χ4v) is 2.80. The van der Waals surface area contributed by atoms with Gasteiger partial charge in [0.05, 0.1) is 6.10 Å². The molecule has 0 spiro atoms. The van der Waals surface area contributed by atoms with Gasteiger partial charge in [-0.05, 0) is 43.9 Å². The summed E-state index contributed by atoms with van der Waals surface area (Å²) in [4.78, 5) is 2.68. The minimum Gasteiger partial charge on any atom is -0.389 e. The van der Waals surface area contributed by atoms with Crippen LogP contribution < -0.4 is 0 Å². The van der Waals surface area contributed by atoms with E-state index >= 15 is 0 Å². The van der Waals surface area contributed by atoms with E-state index in [1.165, 1.54) is 21.7 Å². The van der Waals surface area contributed by atoms with Crippen molar-refractivity contribution in [2.24, 2.45) is 0 Å². The molecule has 1 aromatic rings. The molecule has 1 heterocycles. The van der Waals surface area contributed by atoms with Gasteiger partial charge in [0.25, 0.3) is 0 Å². The molecular formula is C12H16OS. The Morgan fingerprint density at radius 1 is 1.36 bits per heavy atom. The van der Waals surface area contributed by atoms with E-state index in [-0.39, 0.29) is 6.10 Å². The summed E-state index contributed by atoms with van der Waals surface area (Å²) >= 11 is 1.83. The molecule has 1 nitrogen and oxygen atoms in total. The number of thiophene rings is 1. The molecule has 1 unspecified atom stereocenters. The predicted octanol–water partition coefficient (Wildman–Crippen LogP) is 3.37. The van der Waals surface area contributed by atoms with Crippen molar-refractivity contribution < 1.29 is 5.11 Å². The predicted molar refractivity (Wildman–Crippen MR) is 61.5 cm³/mol. The smallest absolute Gasteiger partial charge is 0.0727 e. The van der Waals surface area contributed by atoms with Crippen molar-refractivity contribution in [1.29, 1.82) is 0 Å². The molecular weight excluding hydrogens is 192 g/mol. The Morgan fingerprint density at radius 2 is 2.21 bits per heavy atom. The van der Waals surface area contributed by atoms with Gasteiger partial charge in [-0.15, -0.1) is 11.3 Å². The maximum absolute atomic E-state index is 9.66. The van der Waals surface area contributed by atoms with Gasteiger partial charge in [0.2, 0.25) is 0 Å². The monoisotopic (exact) mass is 208 g/mol. The maximum Gasteiger partial charge on any atom is 0.0727 e. The molecule has 14 heavy (non-hydrogen) atoms. The number of aliphatic hydroxyl groups excluding tert-OH is 1. The number of rotatable bonds is 1. The van der Waals surface area contributed by atoms with Crippen LogP contribution in [0.2, 0.25) is 0 Å². The molecule has 76 valence electrons. The van der Waals surface area contributed by atoms with Crippen LogP contribution in [0.15, 0.2) is 18.2 Å². The van der Waals surface area contributed by atoms with Gasteiger partial charge in [-0.25, -0.2) is 0 Å². The Labute approximate surface area is 89.1 Å². The van der Waals surface area contributed by atoms with Crippen molar-refractivity contribution in [2.75, 3.05) is 0 Å². The summed E-state index contributed by atoms with van der Waals surface area (Å²) in [6, 6.07) is 4.32. The van der Waals surface area contributed by atoms with E-state index in [1.54, 1.807) is 0 Å². The van der Waals surface area contributed by atoms with Crippen LogP contribution in [0.1, 0.15) is 35.4 Å². The van der Waals surface area contributed by atoms with Gasteiger partial charge >= 0.3 is 0 Å². The van der Waals surface area contributed by atoms with Gasteiger partial charge in [-0.1, -0.05) is 12.5 Å². The van der Waals surface area contributed by atoms with Gasteiger partial charge in [0.15, 0.2) is 0 Å². The summed E-state index contributed by atoms with van der Waals surface area (Å²) in [5.41, 5.74) is 1.34. The van der Waals surface area contributed by atoms with Gasteiger partial charge in [-0.3, -0.25) is 0 Å². The van der Waals surface area contributed by atoms with E-state index in [1.807, 2.05) is 17.4 Å². The first-order valence-electron chi connectivity index (χ1n) is 5.21. The molecule has 1 aromatic heterocycles. The molecule has 0 fully saturated rings. The topological polar surface area (TPSA) is 20.2 Å². The first kappa shape index (κ1) is 9.94. The number of aliphatic hydroxyl groups is 1. The van der Waals surface area contributed by atoms with Gasteiger partial charge in [0, 0.05) is 9.75 Å².